The molecule has 0 bridgehead atoms. The van der Waals surface area contributed by atoms with Gasteiger partial charge in [-0.15, -0.1) is 0 Å². The van der Waals surface area contributed by atoms with Crippen LogP contribution in [0.2, 0.25) is 0 Å². The monoisotopic (exact) mass is 2030 g/mol. The summed E-state index contributed by atoms with van der Waals surface area (Å²) in [5.41, 5.74) is 31.1. The van der Waals surface area contributed by atoms with Gasteiger partial charge in [0.25, 0.3) is 0 Å². The van der Waals surface area contributed by atoms with Crippen LogP contribution in [-0.2, 0) is 123 Å². The van der Waals surface area contributed by atoms with Crippen LogP contribution < -0.4 is 119 Å². The van der Waals surface area contributed by atoms with Crippen molar-refractivity contribution in [2.24, 2.45) is 40.5 Å². The summed E-state index contributed by atoms with van der Waals surface area (Å²) in [5.74, 6) is -22.7. The molecule has 7 aromatic rings. The SMILES string of the molecule is CC(C)[C@H](NC(=O)[C@H](Cc1ccccc1)NC(=O)[C@H](Cc1c[nH]c2ccccc12)NC(=O)[C@H](Cc1ccc(O)cc1)NC(=O)[C@H](Cc1c[nH]c2ccccc12)NC(=O)[C@H](CCCNC(=N)N)NC(=O)[C@H](CCC(N)=O)NC(=O)CNC(=O)[C@H](CCC(=O)O)NC(=O)[C@H](CCCNC(=N)N)NC(=O)[C@H](Cc1ccccc1)NC(=O)CN)C(=O)N[C@@H](C)C(=O)N[C@@H](CCC(N)=O)C(=O)N[C@H](C(=O)N[C@H](C(=O)O)[C@@H](C)O)C(C)C. The number of carboxylic acid groups (broad SMARTS) is 2. The maximum absolute atomic E-state index is 15.8. The first-order valence-corrected chi connectivity index (χ1v) is 47.3. The van der Waals surface area contributed by atoms with E-state index in [1.165, 1.54) is 45.0 Å². The zero-order valence-electron chi connectivity index (χ0n) is 81.5. The number of guanidine groups is 2. The number of carbonyl (C=O) groups is 19. The molecule has 5 aromatic carbocycles. The van der Waals surface area contributed by atoms with Gasteiger partial charge in [-0.05, 0) is 123 Å². The summed E-state index contributed by atoms with van der Waals surface area (Å²) in [6.07, 6.45) is -3.84. The summed E-state index contributed by atoms with van der Waals surface area (Å²) in [5, 5.41) is 99.9. The number of carboxylic acids is 2. The van der Waals surface area contributed by atoms with Crippen molar-refractivity contribution in [3.63, 3.8) is 0 Å². The van der Waals surface area contributed by atoms with Crippen molar-refractivity contribution in [2.45, 2.75) is 229 Å². The van der Waals surface area contributed by atoms with Gasteiger partial charge in [0.1, 0.15) is 84.3 Å². The number of primary amides is 2. The number of carbonyl (C=O) groups excluding carboxylic acids is 17. The fourth-order valence-electron chi connectivity index (χ4n) is 15.5. The van der Waals surface area contributed by atoms with Crippen LogP contribution >= 0.6 is 0 Å². The Morgan fingerprint density at radius 2 is 0.658 bits per heavy atom. The van der Waals surface area contributed by atoms with Crippen LogP contribution in [0.5, 0.6) is 5.75 Å². The van der Waals surface area contributed by atoms with E-state index in [-0.39, 0.29) is 70.2 Å². The van der Waals surface area contributed by atoms with Gasteiger partial charge in [-0.3, -0.25) is 97.1 Å². The molecule has 0 fully saturated rings. The highest BCUT2D eigenvalue weighted by atomic mass is 16.4. The zero-order chi connectivity index (χ0) is 108. The van der Waals surface area contributed by atoms with Gasteiger partial charge in [0.15, 0.2) is 18.0 Å². The molecule has 0 spiro atoms. The number of nitrogens with one attached hydrogen (secondary N) is 21. The number of aliphatic hydroxyl groups excluding tert-OH is 1. The van der Waals surface area contributed by atoms with Crippen LogP contribution in [0.25, 0.3) is 21.8 Å². The lowest BCUT2D eigenvalue weighted by molar-refractivity contribution is -0.145. The van der Waals surface area contributed by atoms with Crippen LogP contribution in [0.1, 0.15) is 134 Å². The lowest BCUT2D eigenvalue weighted by atomic mass is 9.99. The van der Waals surface area contributed by atoms with E-state index in [2.05, 4.69) is 100 Å². The Kier molecular flexibility index (Phi) is 46.3. The average molecular weight is 2030 g/mol. The van der Waals surface area contributed by atoms with Crippen LogP contribution in [0.4, 0.5) is 0 Å². The molecule has 2 heterocycles. The molecule has 35 N–H and O–H groups in total. The van der Waals surface area contributed by atoms with Gasteiger partial charge >= 0.3 is 11.9 Å². The lowest BCUT2D eigenvalue weighted by Crippen LogP contribution is -2.62. The number of hydrogen-bond donors (Lipinski definition) is 30. The van der Waals surface area contributed by atoms with Crippen molar-refractivity contribution in [3.05, 3.63) is 174 Å². The maximum Gasteiger partial charge on any atom is 0.328 e. The van der Waals surface area contributed by atoms with E-state index >= 15 is 24.0 Å². The fraction of sp³-hybridized carbons (Fsp3) is 0.433. The van der Waals surface area contributed by atoms with Crippen LogP contribution in [0, 0.1) is 22.7 Å². The quantitative estimate of drug-likeness (QED) is 0.00970. The second kappa shape index (κ2) is 58.1. The molecule has 2 aromatic heterocycles. The predicted molar refractivity (Wildman–Crippen MR) is 532 cm³/mol. The molecule has 146 heavy (non-hydrogen) atoms. The third kappa shape index (κ3) is 38.7. The van der Waals surface area contributed by atoms with Gasteiger partial charge < -0.3 is 149 Å². The van der Waals surface area contributed by atoms with Gasteiger partial charge in [-0.25, -0.2) is 4.79 Å². The third-order valence-corrected chi connectivity index (χ3v) is 23.4. The maximum atomic E-state index is 15.8. The number of para-hydroxylation sites is 2. The molecule has 0 aliphatic heterocycles. The Morgan fingerprint density at radius 3 is 1.05 bits per heavy atom. The van der Waals surface area contributed by atoms with Crippen LogP contribution in [0.15, 0.2) is 146 Å². The van der Waals surface area contributed by atoms with Crippen LogP contribution in [-0.4, -0.2) is 272 Å². The smallest absolute Gasteiger partial charge is 0.328 e. The van der Waals surface area contributed by atoms with Gasteiger partial charge in [-0.2, -0.15) is 0 Å². The van der Waals surface area contributed by atoms with Crippen molar-refractivity contribution in [2.75, 3.05) is 26.2 Å². The Labute approximate surface area is 839 Å². The summed E-state index contributed by atoms with van der Waals surface area (Å²) < 4.78 is 0. The number of nitrogens with two attached hydrogens (primary N) is 5. The number of fused-ring (bicyclic) bond motifs is 2. The Morgan fingerprint density at radius 1 is 0.336 bits per heavy atom. The van der Waals surface area contributed by atoms with Crippen molar-refractivity contribution < 1.29 is 112 Å². The first-order chi connectivity index (χ1) is 69.3. The summed E-state index contributed by atoms with van der Waals surface area (Å²) in [7, 11) is 0. The molecule has 0 saturated heterocycles. The Hall–Kier alpha value is -16.6. The number of aromatic nitrogens is 2. The summed E-state index contributed by atoms with van der Waals surface area (Å²) >= 11 is 0. The zero-order valence-corrected chi connectivity index (χ0v) is 81.5. The largest absolute Gasteiger partial charge is 0.508 e. The molecule has 788 valence electrons. The molecule has 0 unspecified atom stereocenters. The van der Waals surface area contributed by atoms with E-state index < -0.39 is 285 Å². The molecule has 15 atom stereocenters. The van der Waals surface area contributed by atoms with Crippen molar-refractivity contribution in [3.8, 4) is 5.75 Å². The van der Waals surface area contributed by atoms with Gasteiger partial charge in [-0.1, -0.05) is 137 Å². The number of aromatic hydroxyl groups is 1. The molecule has 0 aliphatic rings. The number of aromatic amines is 2. The number of H-pyrrole nitrogens is 2. The molecule has 0 radical (unpaired) electrons. The van der Waals surface area contributed by atoms with Crippen molar-refractivity contribution in [1.82, 2.24) is 100 Å². The normalized spacial score (nSPS) is 14.2. The number of aliphatic hydroxyl groups is 1. The number of phenols is 1. The van der Waals surface area contributed by atoms with E-state index in [4.69, 9.17) is 39.5 Å². The summed E-state index contributed by atoms with van der Waals surface area (Å²) in [6, 6.07) is 13.3. The molecule has 49 heteroatoms. The number of amides is 17. The number of benzene rings is 5. The standard InChI is InChI=1S/C97H132N26O23/c1-50(2)79(93(143)110-52(5)82(132)113-68(34-37-75(100)127)87(137)121-80(51(3)4)94(144)123-81(53(6)124)95(145)146)122-92(142)71(42-55-21-11-8-12-22-55)118-91(141)73(45-58-48-108-63-26-16-14-24-61(58)63)120-89(139)70(43-56-29-31-59(125)32-30-56)117-90(140)72(44-57-47-107-62-25-15-13-23-60(57)62)119-85(135)65(28-18-40-106-97(103)104)114-86(136)67(33-36-74(99)126)111-77(129)49-109-83(133)66(35-38-78(130)131)116-84(134)64(27-17-39-105-96(101)102)115-88(138)69(112-76(128)46-98)41-54-19-9-7-10-20-54/h7-16,19-26,29-32,47-48,50-53,64-73,79-81,107-108,124-125H,17-18,27-28,33-46,49,98H2,1-6H3,(H2,99,126)(H2,100,127)(H,109,133)(H,110,143)(H,111,129)(H,112,128)(H,113,132)(H,114,136)(H,115,138)(H,116,134)(H,117,140)(H,118,141)(H,119,135)(H,120,139)(H,121,137)(H,122,142)(H,123,144)(H,130,131)(H,145,146)(H4,101,102,105)(H4,103,104,106)/t52-,53+,64-,65-,66-,67-,68-,69-,70-,71-,72-,73-,79-,80-,81-/m0/s1. The van der Waals surface area contributed by atoms with Gasteiger partial charge in [0.2, 0.25) is 100 Å². The third-order valence-electron chi connectivity index (χ3n) is 23.4. The average Bonchev–Trinajstić information content (AvgIpc) is 1.64. The molecule has 7 rings (SSSR count). The summed E-state index contributed by atoms with van der Waals surface area (Å²) in [6.45, 7) is 6.88. The van der Waals surface area contributed by atoms with E-state index in [9.17, 15) is 87.5 Å². The number of aliphatic carboxylic acids is 2. The molecule has 49 nitrogen and oxygen atoms in total. The van der Waals surface area contributed by atoms with E-state index in [0.717, 1.165) is 6.92 Å². The number of phenolic OH excluding ortho intramolecular Hbond substituents is 1. The summed E-state index contributed by atoms with van der Waals surface area (Å²) in [4.78, 5) is 273. The first-order valence-electron chi connectivity index (χ1n) is 47.3. The van der Waals surface area contributed by atoms with Crippen molar-refractivity contribution >= 4 is 146 Å². The van der Waals surface area contributed by atoms with Crippen molar-refractivity contribution in [1.29, 1.82) is 10.8 Å². The second-order valence-corrected chi connectivity index (χ2v) is 35.7. The van der Waals surface area contributed by atoms with Gasteiger partial charge in [0, 0.05) is 98.7 Å². The number of rotatable bonds is 61. The molecule has 0 aliphatic carbocycles. The minimum absolute atomic E-state index is 0.00753. The lowest BCUT2D eigenvalue weighted by Gasteiger charge is -2.29. The van der Waals surface area contributed by atoms with E-state index in [1.54, 1.807) is 135 Å². The molecular formula is C97H132N26O23. The first kappa shape index (κ1) is 116. The molecular weight excluding hydrogens is 1900 g/mol. The van der Waals surface area contributed by atoms with E-state index in [0.29, 0.717) is 49.6 Å². The minimum Gasteiger partial charge on any atom is -0.508 e. The van der Waals surface area contributed by atoms with Crippen LogP contribution in [0.3, 0.4) is 0 Å². The minimum atomic E-state index is -1.79. The van der Waals surface area contributed by atoms with Gasteiger partial charge in [0.05, 0.1) is 19.2 Å². The highest BCUT2D eigenvalue weighted by molar-refractivity contribution is 6.02. The second-order valence-electron chi connectivity index (χ2n) is 35.7. The van der Waals surface area contributed by atoms with E-state index in [1.807, 2.05) is 0 Å². The Balaban J connectivity index is 1.17. The Bertz CT molecular complexity index is 5740. The molecule has 0 saturated carbocycles. The number of hydrogen-bond acceptors (Lipinski definition) is 24. The predicted octanol–water partition coefficient (Wildman–Crippen LogP) is -4.55. The molecule has 17 amide bonds. The fourth-order valence-corrected chi connectivity index (χ4v) is 15.5. The highest BCUT2D eigenvalue weighted by Gasteiger charge is 2.40. The highest BCUT2D eigenvalue weighted by Crippen LogP contribution is 2.24. The topological polar surface area (TPSA) is 819 Å².